The number of hydrogen-bond acceptors (Lipinski definition) is 3. The van der Waals surface area contributed by atoms with Gasteiger partial charge in [-0.25, -0.2) is 0 Å². The molecule has 2 aromatic rings. The Balaban J connectivity index is 1.52. The monoisotopic (exact) mass is 416 g/mol. The molecular weight excluding hydrogens is 393 g/mol. The smallest absolute Gasteiger partial charge is 0.416 e. The van der Waals surface area contributed by atoms with Gasteiger partial charge in [0.2, 0.25) is 5.91 Å². The Labute approximate surface area is 173 Å². The lowest BCUT2D eigenvalue weighted by molar-refractivity contribution is -0.137. The number of hydrogen-bond donors (Lipinski definition) is 1. The van der Waals surface area contributed by atoms with Gasteiger partial charge in [-0.05, 0) is 61.4 Å². The second-order valence-electron chi connectivity index (χ2n) is 7.74. The van der Waals surface area contributed by atoms with Gasteiger partial charge in [-0.3, -0.25) is 9.78 Å². The molecule has 1 amide bonds. The van der Waals surface area contributed by atoms with Gasteiger partial charge in [-0.1, -0.05) is 12.1 Å². The van der Waals surface area contributed by atoms with Crippen LogP contribution in [0.4, 0.5) is 13.2 Å². The number of alkyl halides is 3. The van der Waals surface area contributed by atoms with Crippen molar-refractivity contribution >= 4 is 11.5 Å². The van der Waals surface area contributed by atoms with Crippen LogP contribution >= 0.6 is 0 Å². The molecule has 0 radical (unpaired) electrons. The summed E-state index contributed by atoms with van der Waals surface area (Å²) in [6, 6.07) is 7.44. The first-order chi connectivity index (χ1) is 14.4. The van der Waals surface area contributed by atoms with Crippen molar-refractivity contribution in [3.8, 4) is 5.75 Å². The van der Waals surface area contributed by atoms with E-state index in [-0.39, 0.29) is 17.7 Å². The van der Waals surface area contributed by atoms with Crippen LogP contribution in [0.3, 0.4) is 0 Å². The zero-order chi connectivity index (χ0) is 21.1. The lowest BCUT2D eigenvalue weighted by atomic mass is 9.98. The molecule has 0 spiro atoms. The summed E-state index contributed by atoms with van der Waals surface area (Å²) >= 11 is 0. The number of ether oxygens (including phenoxy) is 1. The van der Waals surface area contributed by atoms with E-state index in [2.05, 4.69) is 16.4 Å². The number of carbonyl (C=O) groups is 1. The molecule has 0 saturated heterocycles. The molecule has 30 heavy (non-hydrogen) atoms. The summed E-state index contributed by atoms with van der Waals surface area (Å²) in [5.74, 6) is -0.0592. The Hall–Kier alpha value is -2.83. The van der Waals surface area contributed by atoms with Crippen molar-refractivity contribution in [2.24, 2.45) is 0 Å². The van der Waals surface area contributed by atoms with Gasteiger partial charge in [-0.15, -0.1) is 0 Å². The molecule has 0 fully saturated rings. The third-order valence-electron chi connectivity index (χ3n) is 5.58. The number of halogens is 3. The second-order valence-corrected chi connectivity index (χ2v) is 7.74. The van der Waals surface area contributed by atoms with Gasteiger partial charge in [0.25, 0.3) is 0 Å². The maximum atomic E-state index is 13.0. The average molecular weight is 416 g/mol. The molecule has 2 aliphatic rings. The summed E-state index contributed by atoms with van der Waals surface area (Å²) in [7, 11) is 0. The van der Waals surface area contributed by atoms with E-state index in [4.69, 9.17) is 4.74 Å². The van der Waals surface area contributed by atoms with Gasteiger partial charge in [0.1, 0.15) is 5.75 Å². The van der Waals surface area contributed by atoms with Crippen LogP contribution in [0, 0.1) is 0 Å². The lowest BCUT2D eigenvalue weighted by Gasteiger charge is -2.16. The Morgan fingerprint density at radius 3 is 2.90 bits per heavy atom. The summed E-state index contributed by atoms with van der Waals surface area (Å²) in [6.07, 6.45) is 3.50. The number of carbonyl (C=O) groups excluding carboxylic acids is 1. The van der Waals surface area contributed by atoms with Gasteiger partial charge in [0, 0.05) is 36.0 Å². The molecule has 4 rings (SSSR count). The number of aromatic nitrogens is 1. The highest BCUT2D eigenvalue weighted by Crippen LogP contribution is 2.38. The van der Waals surface area contributed by atoms with Crippen LogP contribution in [0.2, 0.25) is 0 Å². The number of benzene rings is 1. The normalized spacial score (nSPS) is 20.4. The Morgan fingerprint density at radius 1 is 1.20 bits per heavy atom. The standard InChI is InChI=1S/C23H23F3N2O2/c24-23(25,26)17-8-9-19-16(6-3-11-30-21(19)13-17)12-22(29)28-18-7-1-4-15-5-2-10-27-20(15)14-18/h2,5,8-10,12-13,18H,1,3-4,6-7,11,14H2,(H,28,29)/b16-12+. The topological polar surface area (TPSA) is 51.2 Å². The van der Waals surface area contributed by atoms with Crippen molar-refractivity contribution in [3.05, 3.63) is 65.0 Å². The Kier molecular flexibility index (Phi) is 5.79. The minimum absolute atomic E-state index is 0.0143. The zero-order valence-electron chi connectivity index (χ0n) is 16.5. The fourth-order valence-corrected chi connectivity index (χ4v) is 4.09. The number of nitrogens with zero attached hydrogens (tertiary/aromatic N) is 1. The van der Waals surface area contributed by atoms with E-state index in [0.29, 0.717) is 37.0 Å². The molecule has 4 nitrogen and oxygen atoms in total. The zero-order valence-corrected chi connectivity index (χ0v) is 16.5. The van der Waals surface area contributed by atoms with E-state index in [0.717, 1.165) is 37.1 Å². The van der Waals surface area contributed by atoms with Crippen LogP contribution in [-0.4, -0.2) is 23.5 Å². The average Bonchev–Trinajstić information content (AvgIpc) is 3.02. The molecule has 0 bridgehead atoms. The second kappa shape index (κ2) is 8.50. The third-order valence-corrected chi connectivity index (χ3v) is 5.58. The molecule has 158 valence electrons. The first-order valence-electron chi connectivity index (χ1n) is 10.2. The minimum Gasteiger partial charge on any atom is -0.493 e. The number of pyridine rings is 1. The van der Waals surface area contributed by atoms with Crippen LogP contribution < -0.4 is 10.1 Å². The molecule has 1 aromatic heterocycles. The van der Waals surface area contributed by atoms with Crippen molar-refractivity contribution in [1.29, 1.82) is 0 Å². The van der Waals surface area contributed by atoms with Gasteiger partial charge in [0.15, 0.2) is 0 Å². The van der Waals surface area contributed by atoms with E-state index >= 15 is 0 Å². The molecular formula is C23H23F3N2O2. The molecule has 1 aromatic carbocycles. The van der Waals surface area contributed by atoms with Crippen molar-refractivity contribution in [1.82, 2.24) is 10.3 Å². The van der Waals surface area contributed by atoms with E-state index in [9.17, 15) is 18.0 Å². The summed E-state index contributed by atoms with van der Waals surface area (Å²) < 4.78 is 44.6. The van der Waals surface area contributed by atoms with Crippen LogP contribution in [0.25, 0.3) is 5.57 Å². The van der Waals surface area contributed by atoms with Gasteiger partial charge < -0.3 is 10.1 Å². The molecule has 1 aliphatic heterocycles. The number of amides is 1. The first kappa shape index (κ1) is 20.4. The Morgan fingerprint density at radius 2 is 2.07 bits per heavy atom. The predicted molar refractivity (Wildman–Crippen MR) is 107 cm³/mol. The van der Waals surface area contributed by atoms with Gasteiger partial charge >= 0.3 is 6.18 Å². The van der Waals surface area contributed by atoms with Crippen molar-refractivity contribution in [2.75, 3.05) is 6.61 Å². The van der Waals surface area contributed by atoms with Crippen molar-refractivity contribution < 1.29 is 22.7 Å². The fourth-order valence-electron chi connectivity index (χ4n) is 4.09. The number of aryl methyl sites for hydroxylation is 1. The fraction of sp³-hybridized carbons (Fsp3) is 0.391. The predicted octanol–water partition coefficient (Wildman–Crippen LogP) is 4.72. The molecule has 0 saturated carbocycles. The first-order valence-corrected chi connectivity index (χ1v) is 10.2. The highest BCUT2D eigenvalue weighted by molar-refractivity contribution is 5.96. The van der Waals surface area contributed by atoms with Gasteiger partial charge in [0.05, 0.1) is 12.2 Å². The quantitative estimate of drug-likeness (QED) is 0.569. The Bertz CT molecular complexity index is 969. The number of nitrogens with one attached hydrogen (secondary N) is 1. The maximum absolute atomic E-state index is 13.0. The SMILES string of the molecule is O=C(/C=C1\CCCOc2cc(C(F)(F)F)ccc21)NC1CCCc2cccnc2C1. The van der Waals surface area contributed by atoms with E-state index in [1.807, 2.05) is 6.07 Å². The molecule has 1 aliphatic carbocycles. The summed E-state index contributed by atoms with van der Waals surface area (Å²) in [6.45, 7) is 0.318. The van der Waals surface area contributed by atoms with E-state index < -0.39 is 11.7 Å². The molecule has 1 unspecified atom stereocenters. The van der Waals surface area contributed by atoms with E-state index in [1.165, 1.54) is 17.7 Å². The van der Waals surface area contributed by atoms with Crippen LogP contribution in [0.1, 0.15) is 48.1 Å². The largest absolute Gasteiger partial charge is 0.493 e. The van der Waals surface area contributed by atoms with Gasteiger partial charge in [-0.2, -0.15) is 13.2 Å². The highest BCUT2D eigenvalue weighted by atomic mass is 19.4. The third kappa shape index (κ3) is 4.66. The summed E-state index contributed by atoms with van der Waals surface area (Å²) in [5.41, 5.74) is 2.73. The van der Waals surface area contributed by atoms with Crippen molar-refractivity contribution in [2.45, 2.75) is 50.7 Å². The molecule has 7 heteroatoms. The minimum atomic E-state index is -4.43. The number of rotatable bonds is 2. The summed E-state index contributed by atoms with van der Waals surface area (Å²) in [5, 5.41) is 3.06. The van der Waals surface area contributed by atoms with Crippen molar-refractivity contribution in [3.63, 3.8) is 0 Å². The molecule has 1 N–H and O–H groups in total. The van der Waals surface area contributed by atoms with E-state index in [1.54, 1.807) is 6.20 Å². The van der Waals surface area contributed by atoms with Crippen LogP contribution in [0.5, 0.6) is 5.75 Å². The summed E-state index contributed by atoms with van der Waals surface area (Å²) in [4.78, 5) is 17.2. The lowest BCUT2D eigenvalue weighted by Crippen LogP contribution is -2.35. The van der Waals surface area contributed by atoms with Crippen LogP contribution in [0.15, 0.2) is 42.6 Å². The van der Waals surface area contributed by atoms with Crippen LogP contribution in [-0.2, 0) is 23.8 Å². The molecule has 1 atom stereocenters. The highest BCUT2D eigenvalue weighted by Gasteiger charge is 2.32. The number of allylic oxidation sites excluding steroid dienone is 1. The number of fused-ring (bicyclic) bond motifs is 2. The maximum Gasteiger partial charge on any atom is 0.416 e. The molecule has 2 heterocycles.